The Hall–Kier alpha value is -2.30. The molecule has 0 unspecified atom stereocenters. The number of anilines is 1. The van der Waals surface area contributed by atoms with E-state index in [1.165, 1.54) is 5.56 Å². The predicted octanol–water partition coefficient (Wildman–Crippen LogP) is 2.84. The zero-order valence-corrected chi connectivity index (χ0v) is 12.3. The van der Waals surface area contributed by atoms with Crippen LogP contribution in [0.15, 0.2) is 36.5 Å². The first-order chi connectivity index (χ1) is 10.3. The van der Waals surface area contributed by atoms with E-state index < -0.39 is 0 Å². The third-order valence-corrected chi connectivity index (χ3v) is 3.84. The molecule has 3 rings (SSSR count). The molecule has 1 aliphatic rings. The molecule has 1 saturated heterocycles. The van der Waals surface area contributed by atoms with Gasteiger partial charge in [-0.1, -0.05) is 12.1 Å². The standard InChI is InChI=1S/C16H19N3O2/c1-20-13-7-5-12(6-8-13)14-4-3-11-19(14)16-17-10-9-15(18-16)21-2/h5-10,14H,3-4,11H2,1-2H3/t14-/m1/s1. The molecule has 0 aliphatic carbocycles. The summed E-state index contributed by atoms with van der Waals surface area (Å²) in [5.74, 6) is 2.20. The van der Waals surface area contributed by atoms with Crippen LogP contribution in [0.1, 0.15) is 24.4 Å². The SMILES string of the molecule is COc1ccc([C@H]2CCCN2c2nccc(OC)n2)cc1. The van der Waals surface area contributed by atoms with Crippen LogP contribution in [0.2, 0.25) is 0 Å². The Morgan fingerprint density at radius 2 is 1.90 bits per heavy atom. The third kappa shape index (κ3) is 2.77. The van der Waals surface area contributed by atoms with Gasteiger partial charge in [-0.2, -0.15) is 4.98 Å². The Morgan fingerprint density at radius 3 is 2.62 bits per heavy atom. The highest BCUT2D eigenvalue weighted by molar-refractivity contribution is 5.40. The number of rotatable bonds is 4. The molecular weight excluding hydrogens is 266 g/mol. The summed E-state index contributed by atoms with van der Waals surface area (Å²) in [6.45, 7) is 0.962. The van der Waals surface area contributed by atoms with Crippen molar-refractivity contribution in [2.45, 2.75) is 18.9 Å². The van der Waals surface area contributed by atoms with Crippen LogP contribution in [0.4, 0.5) is 5.95 Å². The van der Waals surface area contributed by atoms with E-state index in [-0.39, 0.29) is 0 Å². The van der Waals surface area contributed by atoms with Crippen molar-refractivity contribution in [1.82, 2.24) is 9.97 Å². The normalized spacial score (nSPS) is 17.8. The molecule has 0 N–H and O–H groups in total. The van der Waals surface area contributed by atoms with E-state index in [2.05, 4.69) is 27.0 Å². The van der Waals surface area contributed by atoms with Crippen molar-refractivity contribution in [3.05, 3.63) is 42.1 Å². The smallest absolute Gasteiger partial charge is 0.229 e. The molecular formula is C16H19N3O2. The van der Waals surface area contributed by atoms with Crippen LogP contribution in [0, 0.1) is 0 Å². The molecule has 1 aliphatic heterocycles. The molecule has 1 atom stereocenters. The zero-order valence-electron chi connectivity index (χ0n) is 12.3. The summed E-state index contributed by atoms with van der Waals surface area (Å²) in [6, 6.07) is 10.3. The lowest BCUT2D eigenvalue weighted by Crippen LogP contribution is -2.24. The van der Waals surface area contributed by atoms with Crippen LogP contribution >= 0.6 is 0 Å². The average molecular weight is 285 g/mol. The second-order valence-electron chi connectivity index (χ2n) is 5.02. The van der Waals surface area contributed by atoms with Crippen LogP contribution in [-0.4, -0.2) is 30.7 Å². The summed E-state index contributed by atoms with van der Waals surface area (Å²) in [5.41, 5.74) is 1.26. The largest absolute Gasteiger partial charge is 0.497 e. The maximum atomic E-state index is 5.22. The van der Waals surface area contributed by atoms with Crippen LogP contribution in [0.5, 0.6) is 11.6 Å². The number of methoxy groups -OCH3 is 2. The van der Waals surface area contributed by atoms with Gasteiger partial charge in [-0.05, 0) is 30.5 Å². The second-order valence-corrected chi connectivity index (χ2v) is 5.02. The first kappa shape index (κ1) is 13.7. The zero-order chi connectivity index (χ0) is 14.7. The topological polar surface area (TPSA) is 47.5 Å². The van der Waals surface area contributed by atoms with Gasteiger partial charge in [-0.3, -0.25) is 0 Å². The Labute approximate surface area is 124 Å². The molecule has 0 bridgehead atoms. The van der Waals surface area contributed by atoms with E-state index in [4.69, 9.17) is 9.47 Å². The second kappa shape index (κ2) is 5.99. The number of ether oxygens (including phenoxy) is 2. The van der Waals surface area contributed by atoms with Crippen molar-refractivity contribution >= 4 is 5.95 Å². The molecule has 1 aromatic carbocycles. The van der Waals surface area contributed by atoms with Crippen LogP contribution < -0.4 is 14.4 Å². The Balaban J connectivity index is 1.87. The average Bonchev–Trinajstić information content (AvgIpc) is 3.04. The van der Waals surface area contributed by atoms with E-state index in [1.54, 1.807) is 26.5 Å². The molecule has 110 valence electrons. The minimum atomic E-state index is 0.308. The monoisotopic (exact) mass is 285 g/mol. The summed E-state index contributed by atoms with van der Waals surface area (Å²) in [7, 11) is 3.30. The summed E-state index contributed by atoms with van der Waals surface area (Å²) in [6.07, 6.45) is 3.98. The number of nitrogens with zero attached hydrogens (tertiary/aromatic N) is 3. The van der Waals surface area contributed by atoms with Crippen LogP contribution in [0.3, 0.4) is 0 Å². The Kier molecular flexibility index (Phi) is 3.90. The van der Waals surface area contributed by atoms with Crippen molar-refractivity contribution in [2.24, 2.45) is 0 Å². The fourth-order valence-corrected chi connectivity index (χ4v) is 2.76. The van der Waals surface area contributed by atoms with Crippen molar-refractivity contribution in [1.29, 1.82) is 0 Å². The van der Waals surface area contributed by atoms with Crippen LogP contribution in [-0.2, 0) is 0 Å². The van der Waals surface area contributed by atoms with Gasteiger partial charge in [0.25, 0.3) is 0 Å². The predicted molar refractivity (Wildman–Crippen MR) is 80.9 cm³/mol. The fourth-order valence-electron chi connectivity index (χ4n) is 2.76. The van der Waals surface area contributed by atoms with Gasteiger partial charge in [0.05, 0.1) is 20.3 Å². The number of benzene rings is 1. The molecule has 0 amide bonds. The number of hydrogen-bond donors (Lipinski definition) is 0. The van der Waals surface area contributed by atoms with Gasteiger partial charge < -0.3 is 14.4 Å². The minimum Gasteiger partial charge on any atom is -0.497 e. The van der Waals surface area contributed by atoms with E-state index in [9.17, 15) is 0 Å². The summed E-state index contributed by atoms with van der Waals surface area (Å²) in [5, 5.41) is 0. The molecule has 0 saturated carbocycles. The molecule has 21 heavy (non-hydrogen) atoms. The van der Waals surface area contributed by atoms with E-state index in [0.29, 0.717) is 11.9 Å². The molecule has 5 heteroatoms. The van der Waals surface area contributed by atoms with Gasteiger partial charge >= 0.3 is 0 Å². The molecule has 0 radical (unpaired) electrons. The van der Waals surface area contributed by atoms with E-state index >= 15 is 0 Å². The van der Waals surface area contributed by atoms with Gasteiger partial charge in [0.2, 0.25) is 11.8 Å². The molecule has 2 heterocycles. The van der Waals surface area contributed by atoms with E-state index in [1.807, 2.05) is 12.1 Å². The fraction of sp³-hybridized carbons (Fsp3) is 0.375. The first-order valence-electron chi connectivity index (χ1n) is 7.09. The lowest BCUT2D eigenvalue weighted by molar-refractivity contribution is 0.396. The van der Waals surface area contributed by atoms with Gasteiger partial charge in [0.15, 0.2) is 0 Å². The lowest BCUT2D eigenvalue weighted by Gasteiger charge is -2.25. The quantitative estimate of drug-likeness (QED) is 0.864. The highest BCUT2D eigenvalue weighted by Crippen LogP contribution is 2.35. The van der Waals surface area contributed by atoms with Gasteiger partial charge in [0, 0.05) is 18.8 Å². The highest BCUT2D eigenvalue weighted by atomic mass is 16.5. The van der Waals surface area contributed by atoms with Crippen LogP contribution in [0.25, 0.3) is 0 Å². The van der Waals surface area contributed by atoms with Crippen molar-refractivity contribution in [2.75, 3.05) is 25.7 Å². The van der Waals surface area contributed by atoms with Crippen molar-refractivity contribution in [3.63, 3.8) is 0 Å². The van der Waals surface area contributed by atoms with Gasteiger partial charge in [-0.25, -0.2) is 4.98 Å². The van der Waals surface area contributed by atoms with Gasteiger partial charge in [-0.15, -0.1) is 0 Å². The Bertz CT molecular complexity index is 601. The maximum Gasteiger partial charge on any atom is 0.229 e. The molecule has 1 fully saturated rings. The minimum absolute atomic E-state index is 0.308. The van der Waals surface area contributed by atoms with Crippen molar-refractivity contribution < 1.29 is 9.47 Å². The molecule has 1 aromatic heterocycles. The first-order valence-corrected chi connectivity index (χ1v) is 7.09. The summed E-state index contributed by atoms with van der Waals surface area (Å²) >= 11 is 0. The third-order valence-electron chi connectivity index (χ3n) is 3.84. The maximum absolute atomic E-state index is 5.22. The highest BCUT2D eigenvalue weighted by Gasteiger charge is 2.28. The molecule has 5 nitrogen and oxygen atoms in total. The lowest BCUT2D eigenvalue weighted by atomic mass is 10.0. The molecule has 0 spiro atoms. The van der Waals surface area contributed by atoms with Crippen molar-refractivity contribution in [3.8, 4) is 11.6 Å². The summed E-state index contributed by atoms with van der Waals surface area (Å²) in [4.78, 5) is 11.1. The number of hydrogen-bond acceptors (Lipinski definition) is 5. The molecule has 2 aromatic rings. The van der Waals surface area contributed by atoms with E-state index in [0.717, 1.165) is 31.1 Å². The van der Waals surface area contributed by atoms with Gasteiger partial charge in [0.1, 0.15) is 5.75 Å². The Morgan fingerprint density at radius 1 is 1.10 bits per heavy atom. The summed E-state index contributed by atoms with van der Waals surface area (Å²) < 4.78 is 10.4. The number of aromatic nitrogens is 2.